The Labute approximate surface area is 102 Å². The molecule has 98 valence electrons. The quantitative estimate of drug-likeness (QED) is 0.579. The third-order valence-electron chi connectivity index (χ3n) is 2.88. The Morgan fingerprint density at radius 2 is 1.88 bits per heavy atom. The molecule has 0 unspecified atom stereocenters. The van der Waals surface area contributed by atoms with Crippen LogP contribution in [0.25, 0.3) is 0 Å². The summed E-state index contributed by atoms with van der Waals surface area (Å²) in [6, 6.07) is 0. The van der Waals surface area contributed by atoms with Crippen LogP contribution in [-0.4, -0.2) is 26.3 Å². The number of hydrogen-bond acceptors (Lipinski definition) is 2. The largest absolute Gasteiger partial charge is 0.382 e. The lowest BCUT2D eigenvalue weighted by Crippen LogP contribution is -2.25. The van der Waals surface area contributed by atoms with E-state index in [4.69, 9.17) is 4.74 Å². The van der Waals surface area contributed by atoms with E-state index in [2.05, 4.69) is 39.9 Å². The van der Waals surface area contributed by atoms with E-state index in [1.165, 1.54) is 19.3 Å². The molecule has 0 amide bonds. The van der Waals surface area contributed by atoms with E-state index in [1.807, 2.05) is 0 Å². The van der Waals surface area contributed by atoms with Crippen molar-refractivity contribution in [2.75, 3.05) is 26.3 Å². The van der Waals surface area contributed by atoms with Crippen molar-refractivity contribution in [3.8, 4) is 0 Å². The monoisotopic (exact) mass is 229 g/mol. The van der Waals surface area contributed by atoms with Gasteiger partial charge in [0.05, 0.1) is 0 Å². The molecule has 0 aromatic heterocycles. The van der Waals surface area contributed by atoms with E-state index in [0.717, 1.165) is 32.2 Å². The molecule has 0 aromatic carbocycles. The van der Waals surface area contributed by atoms with Crippen LogP contribution in [0.3, 0.4) is 0 Å². The van der Waals surface area contributed by atoms with Gasteiger partial charge in [0.15, 0.2) is 0 Å². The van der Waals surface area contributed by atoms with Crippen molar-refractivity contribution in [2.24, 2.45) is 11.3 Å². The van der Waals surface area contributed by atoms with Crippen molar-refractivity contribution in [3.05, 3.63) is 0 Å². The summed E-state index contributed by atoms with van der Waals surface area (Å²) in [6.07, 6.45) is 3.70. The summed E-state index contributed by atoms with van der Waals surface area (Å²) in [5.41, 5.74) is 0.446. The Hall–Kier alpha value is -0.0800. The molecular formula is C14H31NO. The van der Waals surface area contributed by atoms with Crippen LogP contribution in [0.15, 0.2) is 0 Å². The molecule has 0 spiro atoms. The van der Waals surface area contributed by atoms with Gasteiger partial charge in [-0.15, -0.1) is 0 Å². The molecule has 0 aliphatic heterocycles. The van der Waals surface area contributed by atoms with Crippen molar-refractivity contribution in [1.29, 1.82) is 0 Å². The summed E-state index contributed by atoms with van der Waals surface area (Å²) in [4.78, 5) is 0. The van der Waals surface area contributed by atoms with Gasteiger partial charge in [-0.25, -0.2) is 0 Å². The maximum Gasteiger partial charge on any atom is 0.0466 e. The van der Waals surface area contributed by atoms with Crippen LogP contribution in [0, 0.1) is 11.3 Å². The first-order valence-corrected chi connectivity index (χ1v) is 6.76. The second-order valence-corrected chi connectivity index (χ2v) is 5.81. The number of rotatable bonds is 10. The molecular weight excluding hydrogens is 198 g/mol. The second-order valence-electron chi connectivity index (χ2n) is 5.81. The lowest BCUT2D eigenvalue weighted by Gasteiger charge is -2.25. The average Bonchev–Trinajstić information content (AvgIpc) is 2.19. The van der Waals surface area contributed by atoms with Crippen LogP contribution in [0.4, 0.5) is 0 Å². The Kier molecular flexibility index (Phi) is 8.96. The minimum Gasteiger partial charge on any atom is -0.382 e. The Bertz CT molecular complexity index is 155. The molecule has 0 atom stereocenters. The lowest BCUT2D eigenvalue weighted by atomic mass is 9.84. The molecule has 2 heteroatoms. The van der Waals surface area contributed by atoms with E-state index in [9.17, 15) is 0 Å². The second kappa shape index (κ2) is 9.00. The molecule has 2 nitrogen and oxygen atoms in total. The summed E-state index contributed by atoms with van der Waals surface area (Å²) >= 11 is 0. The SMILES string of the molecule is CCOCCCC(C)(C)CCNCC(C)C. The number of ether oxygens (including phenoxy) is 1. The Morgan fingerprint density at radius 1 is 1.19 bits per heavy atom. The zero-order valence-electron chi connectivity index (χ0n) is 11.9. The predicted octanol–water partition coefficient (Wildman–Crippen LogP) is 3.47. The molecule has 0 fully saturated rings. The van der Waals surface area contributed by atoms with Gasteiger partial charge in [-0.2, -0.15) is 0 Å². The third-order valence-corrected chi connectivity index (χ3v) is 2.88. The fourth-order valence-corrected chi connectivity index (χ4v) is 1.74. The molecule has 0 aromatic rings. The fourth-order valence-electron chi connectivity index (χ4n) is 1.74. The summed E-state index contributed by atoms with van der Waals surface area (Å²) in [5, 5.41) is 3.51. The maximum atomic E-state index is 5.37. The smallest absolute Gasteiger partial charge is 0.0466 e. The van der Waals surface area contributed by atoms with Crippen molar-refractivity contribution in [3.63, 3.8) is 0 Å². The highest BCUT2D eigenvalue weighted by Gasteiger charge is 2.16. The van der Waals surface area contributed by atoms with Gasteiger partial charge in [0, 0.05) is 13.2 Å². The summed E-state index contributed by atoms with van der Waals surface area (Å²) < 4.78 is 5.37. The summed E-state index contributed by atoms with van der Waals surface area (Å²) in [5.74, 6) is 0.751. The zero-order valence-corrected chi connectivity index (χ0v) is 11.9. The van der Waals surface area contributed by atoms with Gasteiger partial charge in [-0.3, -0.25) is 0 Å². The standard InChI is InChI=1S/C14H31NO/c1-6-16-11-7-8-14(4,5)9-10-15-12-13(2)3/h13,15H,6-12H2,1-5H3. The van der Waals surface area contributed by atoms with Crippen LogP contribution in [-0.2, 0) is 4.74 Å². The van der Waals surface area contributed by atoms with E-state index in [-0.39, 0.29) is 0 Å². The van der Waals surface area contributed by atoms with Gasteiger partial charge < -0.3 is 10.1 Å². The van der Waals surface area contributed by atoms with Gasteiger partial charge in [0.25, 0.3) is 0 Å². The third kappa shape index (κ3) is 10.4. The molecule has 0 saturated carbocycles. The molecule has 0 heterocycles. The highest BCUT2D eigenvalue weighted by atomic mass is 16.5. The highest BCUT2D eigenvalue weighted by molar-refractivity contribution is 4.70. The average molecular weight is 229 g/mol. The number of nitrogens with one attached hydrogen (secondary N) is 1. The zero-order chi connectivity index (χ0) is 12.4. The van der Waals surface area contributed by atoms with Gasteiger partial charge in [0.2, 0.25) is 0 Å². The van der Waals surface area contributed by atoms with Crippen LogP contribution < -0.4 is 5.32 Å². The van der Waals surface area contributed by atoms with E-state index >= 15 is 0 Å². The van der Waals surface area contributed by atoms with Crippen molar-refractivity contribution < 1.29 is 4.74 Å². The van der Waals surface area contributed by atoms with Crippen LogP contribution in [0.5, 0.6) is 0 Å². The van der Waals surface area contributed by atoms with Crippen molar-refractivity contribution in [1.82, 2.24) is 5.32 Å². The molecule has 16 heavy (non-hydrogen) atoms. The molecule has 0 rings (SSSR count). The van der Waals surface area contributed by atoms with Gasteiger partial charge in [0.1, 0.15) is 0 Å². The van der Waals surface area contributed by atoms with Crippen molar-refractivity contribution in [2.45, 2.75) is 53.9 Å². The fraction of sp³-hybridized carbons (Fsp3) is 1.00. The summed E-state index contributed by atoms with van der Waals surface area (Å²) in [7, 11) is 0. The molecule has 0 radical (unpaired) electrons. The van der Waals surface area contributed by atoms with Gasteiger partial charge in [-0.1, -0.05) is 27.7 Å². The molecule has 0 bridgehead atoms. The van der Waals surface area contributed by atoms with Crippen LogP contribution in [0.1, 0.15) is 53.9 Å². The van der Waals surface area contributed by atoms with E-state index in [0.29, 0.717) is 5.41 Å². The summed E-state index contributed by atoms with van der Waals surface area (Å²) in [6.45, 7) is 15.3. The first-order chi connectivity index (χ1) is 7.48. The first-order valence-electron chi connectivity index (χ1n) is 6.76. The predicted molar refractivity (Wildman–Crippen MR) is 71.8 cm³/mol. The lowest BCUT2D eigenvalue weighted by molar-refractivity contribution is 0.131. The minimum atomic E-state index is 0.446. The molecule has 1 N–H and O–H groups in total. The van der Waals surface area contributed by atoms with E-state index in [1.54, 1.807) is 0 Å². The van der Waals surface area contributed by atoms with Gasteiger partial charge >= 0.3 is 0 Å². The van der Waals surface area contributed by atoms with E-state index < -0.39 is 0 Å². The van der Waals surface area contributed by atoms with Gasteiger partial charge in [-0.05, 0) is 50.6 Å². The molecule has 0 saturated heterocycles. The topological polar surface area (TPSA) is 21.3 Å². The Morgan fingerprint density at radius 3 is 2.44 bits per heavy atom. The number of hydrogen-bond donors (Lipinski definition) is 1. The Balaban J connectivity index is 3.46. The first kappa shape index (κ1) is 15.9. The van der Waals surface area contributed by atoms with Crippen LogP contribution >= 0.6 is 0 Å². The van der Waals surface area contributed by atoms with Crippen molar-refractivity contribution >= 4 is 0 Å². The maximum absolute atomic E-state index is 5.37. The molecule has 0 aliphatic carbocycles. The minimum absolute atomic E-state index is 0.446. The normalized spacial score (nSPS) is 12.4. The highest BCUT2D eigenvalue weighted by Crippen LogP contribution is 2.25. The van der Waals surface area contributed by atoms with Crippen LogP contribution in [0.2, 0.25) is 0 Å². The molecule has 0 aliphatic rings.